The van der Waals surface area contributed by atoms with Crippen molar-refractivity contribution in [3.8, 4) is 0 Å². The molecule has 118 valence electrons. The van der Waals surface area contributed by atoms with Gasteiger partial charge in [-0.3, -0.25) is 0 Å². The highest BCUT2D eigenvalue weighted by Gasteiger charge is 2.20. The smallest absolute Gasteiger partial charge is 0.335 e. The summed E-state index contributed by atoms with van der Waals surface area (Å²) in [6.07, 6.45) is 2.80. The van der Waals surface area contributed by atoms with Crippen LogP contribution < -0.4 is 4.72 Å². The third-order valence-electron chi connectivity index (χ3n) is 3.30. The lowest BCUT2D eigenvalue weighted by Crippen LogP contribution is -2.26. The van der Waals surface area contributed by atoms with Gasteiger partial charge in [-0.2, -0.15) is 0 Å². The summed E-state index contributed by atoms with van der Waals surface area (Å²) in [6, 6.07) is 4.28. The van der Waals surface area contributed by atoms with Crippen molar-refractivity contribution in [2.45, 2.75) is 44.9 Å². The van der Waals surface area contributed by atoms with Crippen LogP contribution in [0.15, 0.2) is 23.1 Å². The maximum Gasteiger partial charge on any atom is 0.335 e. The van der Waals surface area contributed by atoms with Gasteiger partial charge in [-0.05, 0) is 37.0 Å². The van der Waals surface area contributed by atoms with Crippen molar-refractivity contribution < 1.29 is 18.3 Å². The Morgan fingerprint density at radius 1 is 1.29 bits per heavy atom. The van der Waals surface area contributed by atoms with Gasteiger partial charge in [-0.25, -0.2) is 17.9 Å². The molecule has 0 saturated carbocycles. The van der Waals surface area contributed by atoms with E-state index in [2.05, 4.69) is 18.6 Å². The average molecular weight is 313 g/mol. The number of rotatable bonds is 8. The lowest BCUT2D eigenvalue weighted by Gasteiger charge is -2.11. The molecule has 21 heavy (non-hydrogen) atoms. The SMILES string of the molecule is Cc1c(C(=O)O)cccc1S(=O)(=O)NCCCCC(C)C. The Bertz CT molecular complexity index is 594. The van der Waals surface area contributed by atoms with Crippen LogP contribution in [0.1, 0.15) is 49.0 Å². The second-order valence-corrected chi connectivity index (χ2v) is 7.26. The monoisotopic (exact) mass is 313 g/mol. The van der Waals surface area contributed by atoms with Crippen molar-refractivity contribution in [1.82, 2.24) is 4.72 Å². The molecular weight excluding hydrogens is 290 g/mol. The first-order valence-corrected chi connectivity index (χ1v) is 8.56. The van der Waals surface area contributed by atoms with Gasteiger partial charge < -0.3 is 5.11 Å². The van der Waals surface area contributed by atoms with Gasteiger partial charge >= 0.3 is 5.97 Å². The van der Waals surface area contributed by atoms with Crippen LogP contribution in [0.25, 0.3) is 0 Å². The highest BCUT2D eigenvalue weighted by molar-refractivity contribution is 7.89. The zero-order chi connectivity index (χ0) is 16.0. The Morgan fingerprint density at radius 2 is 1.95 bits per heavy atom. The minimum atomic E-state index is -3.66. The number of aromatic carboxylic acids is 1. The van der Waals surface area contributed by atoms with E-state index in [9.17, 15) is 13.2 Å². The van der Waals surface area contributed by atoms with Crippen molar-refractivity contribution >= 4 is 16.0 Å². The fourth-order valence-corrected chi connectivity index (χ4v) is 3.44. The van der Waals surface area contributed by atoms with Crippen LogP contribution in [-0.2, 0) is 10.0 Å². The number of hydrogen-bond donors (Lipinski definition) is 2. The van der Waals surface area contributed by atoms with E-state index < -0.39 is 16.0 Å². The topological polar surface area (TPSA) is 83.5 Å². The van der Waals surface area contributed by atoms with Gasteiger partial charge in [0, 0.05) is 6.54 Å². The van der Waals surface area contributed by atoms with E-state index in [1.807, 2.05) is 0 Å². The molecule has 0 aromatic heterocycles. The van der Waals surface area contributed by atoms with Gasteiger partial charge in [-0.15, -0.1) is 0 Å². The molecule has 0 aliphatic rings. The van der Waals surface area contributed by atoms with Gasteiger partial charge in [0.05, 0.1) is 10.5 Å². The number of benzene rings is 1. The molecule has 0 unspecified atom stereocenters. The van der Waals surface area contributed by atoms with E-state index in [1.165, 1.54) is 25.1 Å². The Hall–Kier alpha value is -1.40. The average Bonchev–Trinajstić information content (AvgIpc) is 2.37. The number of carboxylic acid groups (broad SMARTS) is 1. The molecule has 0 bridgehead atoms. The summed E-state index contributed by atoms with van der Waals surface area (Å²) in [5, 5.41) is 9.04. The summed E-state index contributed by atoms with van der Waals surface area (Å²) in [4.78, 5) is 11.1. The standard InChI is InChI=1S/C15H23NO4S/c1-11(2)7-4-5-10-16-21(19,20)14-9-6-8-13(12(14)3)15(17)18/h6,8-9,11,16H,4-5,7,10H2,1-3H3,(H,17,18). The fourth-order valence-electron chi connectivity index (χ4n) is 2.10. The number of hydrogen-bond acceptors (Lipinski definition) is 3. The van der Waals surface area contributed by atoms with Gasteiger partial charge in [0.1, 0.15) is 0 Å². The molecule has 0 heterocycles. The number of sulfonamides is 1. The normalized spacial score (nSPS) is 11.8. The zero-order valence-corrected chi connectivity index (χ0v) is 13.5. The van der Waals surface area contributed by atoms with Crippen molar-refractivity contribution in [2.75, 3.05) is 6.54 Å². The number of nitrogens with one attached hydrogen (secondary N) is 1. The van der Waals surface area contributed by atoms with Crippen LogP contribution >= 0.6 is 0 Å². The molecule has 0 amide bonds. The van der Waals surface area contributed by atoms with E-state index >= 15 is 0 Å². The van der Waals surface area contributed by atoms with E-state index in [-0.39, 0.29) is 16.0 Å². The first kappa shape index (κ1) is 17.7. The predicted molar refractivity (Wildman–Crippen MR) is 82.0 cm³/mol. The van der Waals surface area contributed by atoms with Gasteiger partial charge in [-0.1, -0.05) is 32.8 Å². The summed E-state index contributed by atoms with van der Waals surface area (Å²) in [7, 11) is -3.66. The van der Waals surface area contributed by atoms with Crippen LogP contribution in [-0.4, -0.2) is 26.0 Å². The van der Waals surface area contributed by atoms with Crippen LogP contribution in [0.5, 0.6) is 0 Å². The van der Waals surface area contributed by atoms with Crippen LogP contribution in [0.4, 0.5) is 0 Å². The van der Waals surface area contributed by atoms with Crippen LogP contribution in [0, 0.1) is 12.8 Å². The summed E-state index contributed by atoms with van der Waals surface area (Å²) < 4.78 is 27.0. The Kier molecular flexibility index (Phi) is 6.36. The molecule has 0 spiro atoms. The van der Waals surface area contributed by atoms with Gasteiger partial charge in [0.2, 0.25) is 10.0 Å². The second kappa shape index (κ2) is 7.56. The molecule has 0 radical (unpaired) electrons. The molecule has 5 nitrogen and oxygen atoms in total. The molecule has 1 aromatic carbocycles. The molecule has 1 rings (SSSR count). The first-order valence-electron chi connectivity index (χ1n) is 7.08. The maximum absolute atomic E-state index is 12.2. The minimum Gasteiger partial charge on any atom is -0.478 e. The molecule has 0 fully saturated rings. The van der Waals surface area contributed by atoms with Crippen molar-refractivity contribution in [1.29, 1.82) is 0 Å². The van der Waals surface area contributed by atoms with Crippen LogP contribution in [0.3, 0.4) is 0 Å². The molecule has 2 N–H and O–H groups in total. The number of carboxylic acids is 1. The second-order valence-electron chi connectivity index (χ2n) is 5.52. The number of carbonyl (C=O) groups is 1. The maximum atomic E-state index is 12.2. The Labute approximate surface area is 126 Å². The Balaban J connectivity index is 2.75. The Morgan fingerprint density at radius 3 is 2.52 bits per heavy atom. The fraction of sp³-hybridized carbons (Fsp3) is 0.533. The quantitative estimate of drug-likeness (QED) is 0.723. The van der Waals surface area contributed by atoms with Gasteiger partial charge in [0.15, 0.2) is 0 Å². The highest BCUT2D eigenvalue weighted by Crippen LogP contribution is 2.19. The van der Waals surface area contributed by atoms with E-state index in [4.69, 9.17) is 5.11 Å². The highest BCUT2D eigenvalue weighted by atomic mass is 32.2. The zero-order valence-electron chi connectivity index (χ0n) is 12.7. The van der Waals surface area contributed by atoms with E-state index in [0.717, 1.165) is 19.3 Å². The predicted octanol–water partition coefficient (Wildman–Crippen LogP) is 2.80. The molecule has 6 heteroatoms. The molecule has 0 aliphatic heterocycles. The van der Waals surface area contributed by atoms with Crippen molar-refractivity contribution in [3.05, 3.63) is 29.3 Å². The van der Waals surface area contributed by atoms with Crippen molar-refractivity contribution in [2.24, 2.45) is 5.92 Å². The third kappa shape index (κ3) is 5.13. The number of unbranched alkanes of at least 4 members (excludes halogenated alkanes) is 1. The summed E-state index contributed by atoms with van der Waals surface area (Å²) in [6.45, 7) is 6.14. The summed E-state index contributed by atoms with van der Waals surface area (Å²) in [5.74, 6) is -0.516. The van der Waals surface area contributed by atoms with E-state index in [0.29, 0.717) is 12.5 Å². The molecule has 0 saturated heterocycles. The lowest BCUT2D eigenvalue weighted by molar-refractivity contribution is 0.0696. The van der Waals surface area contributed by atoms with Gasteiger partial charge in [0.25, 0.3) is 0 Å². The molecule has 0 aliphatic carbocycles. The van der Waals surface area contributed by atoms with Crippen LogP contribution in [0.2, 0.25) is 0 Å². The first-order chi connectivity index (χ1) is 9.75. The molecule has 0 atom stereocenters. The lowest BCUT2D eigenvalue weighted by atomic mass is 10.1. The van der Waals surface area contributed by atoms with E-state index in [1.54, 1.807) is 0 Å². The third-order valence-corrected chi connectivity index (χ3v) is 4.91. The molecule has 1 aromatic rings. The summed E-state index contributed by atoms with van der Waals surface area (Å²) in [5.41, 5.74) is 0.275. The summed E-state index contributed by atoms with van der Waals surface area (Å²) >= 11 is 0. The minimum absolute atomic E-state index is 0.0117. The molecular formula is C15H23NO4S. The van der Waals surface area contributed by atoms with Crippen molar-refractivity contribution in [3.63, 3.8) is 0 Å². The largest absolute Gasteiger partial charge is 0.478 e.